The minimum absolute atomic E-state index is 0.172. The van der Waals surface area contributed by atoms with E-state index in [1.54, 1.807) is 17.4 Å². The van der Waals surface area contributed by atoms with Crippen LogP contribution in [-0.4, -0.2) is 11.5 Å². The summed E-state index contributed by atoms with van der Waals surface area (Å²) in [5.41, 5.74) is 5.11. The third-order valence-corrected chi connectivity index (χ3v) is 3.30. The van der Waals surface area contributed by atoms with Crippen LogP contribution in [0.25, 0.3) is 0 Å². The summed E-state index contributed by atoms with van der Waals surface area (Å²) in [6.45, 7) is 3.59. The normalized spacial score (nSPS) is 10.7. The van der Waals surface area contributed by atoms with Crippen molar-refractivity contribution in [2.75, 3.05) is 6.54 Å². The quantitative estimate of drug-likeness (QED) is 0.825. The van der Waals surface area contributed by atoms with Gasteiger partial charge in [-0.05, 0) is 30.2 Å². The summed E-state index contributed by atoms with van der Waals surface area (Å²) in [4.78, 5) is 4.22. The molecule has 0 fully saturated rings. The molecule has 0 aliphatic heterocycles. The molecule has 1 N–H and O–H groups in total. The summed E-state index contributed by atoms with van der Waals surface area (Å²) in [5, 5.41) is 5.40. The van der Waals surface area contributed by atoms with Crippen LogP contribution in [0.3, 0.4) is 0 Å². The predicted octanol–water partition coefficient (Wildman–Crippen LogP) is 2.92. The van der Waals surface area contributed by atoms with E-state index in [0.29, 0.717) is 0 Å². The molecule has 0 unspecified atom stereocenters. The Bertz CT molecular complexity index is 468. The van der Waals surface area contributed by atoms with Gasteiger partial charge in [0.05, 0.1) is 11.2 Å². The number of hydrogen-bond donors (Lipinski definition) is 1. The Kier molecular flexibility index (Phi) is 4.23. The highest BCUT2D eigenvalue weighted by molar-refractivity contribution is 7.07. The van der Waals surface area contributed by atoms with Gasteiger partial charge in [-0.2, -0.15) is 0 Å². The zero-order chi connectivity index (χ0) is 12.1. The topological polar surface area (TPSA) is 24.9 Å². The van der Waals surface area contributed by atoms with Gasteiger partial charge in [0, 0.05) is 24.9 Å². The average Bonchev–Trinajstić information content (AvgIpc) is 2.79. The lowest BCUT2D eigenvalue weighted by atomic mass is 10.1. The number of halogens is 1. The molecular weight excluding hydrogens is 235 g/mol. The fraction of sp³-hybridized carbons (Fsp3) is 0.308. The summed E-state index contributed by atoms with van der Waals surface area (Å²) in [6.07, 6.45) is 0.934. The van der Waals surface area contributed by atoms with E-state index in [9.17, 15) is 4.39 Å². The van der Waals surface area contributed by atoms with Crippen LogP contribution in [0.15, 0.2) is 29.1 Å². The van der Waals surface area contributed by atoms with E-state index in [1.165, 1.54) is 6.07 Å². The van der Waals surface area contributed by atoms with E-state index in [0.717, 1.165) is 36.3 Å². The number of aromatic nitrogens is 1. The smallest absolute Gasteiger partial charge is 0.123 e. The number of nitrogens with zero attached hydrogens (tertiary/aromatic N) is 1. The van der Waals surface area contributed by atoms with E-state index < -0.39 is 0 Å². The molecular formula is C13H15FN2S. The highest BCUT2D eigenvalue weighted by atomic mass is 32.1. The minimum atomic E-state index is -0.172. The van der Waals surface area contributed by atoms with E-state index >= 15 is 0 Å². The number of thiazole rings is 1. The molecule has 0 aliphatic rings. The molecule has 2 nitrogen and oxygen atoms in total. The first-order valence-electron chi connectivity index (χ1n) is 5.58. The molecule has 2 aromatic rings. The summed E-state index contributed by atoms with van der Waals surface area (Å²) in [6, 6.07) is 4.91. The molecule has 4 heteroatoms. The average molecular weight is 250 g/mol. The van der Waals surface area contributed by atoms with Crippen LogP contribution in [0.1, 0.15) is 16.8 Å². The molecule has 2 rings (SSSR count). The van der Waals surface area contributed by atoms with Crippen LogP contribution >= 0.6 is 11.3 Å². The van der Waals surface area contributed by atoms with Crippen LogP contribution in [-0.2, 0) is 13.0 Å². The molecule has 0 bridgehead atoms. The van der Waals surface area contributed by atoms with E-state index in [-0.39, 0.29) is 5.82 Å². The minimum Gasteiger partial charge on any atom is -0.312 e. The zero-order valence-corrected chi connectivity index (χ0v) is 10.6. The number of benzene rings is 1. The molecule has 90 valence electrons. The van der Waals surface area contributed by atoms with Crippen molar-refractivity contribution in [3.05, 3.63) is 51.7 Å². The maximum Gasteiger partial charge on any atom is 0.123 e. The molecule has 0 aliphatic carbocycles. The molecule has 1 aromatic heterocycles. The molecule has 0 saturated carbocycles. The fourth-order valence-corrected chi connectivity index (χ4v) is 2.25. The summed E-state index contributed by atoms with van der Waals surface area (Å²) in [7, 11) is 0. The Balaban J connectivity index is 1.78. The first-order valence-corrected chi connectivity index (χ1v) is 6.53. The molecule has 0 spiro atoms. The third-order valence-electron chi connectivity index (χ3n) is 2.66. The van der Waals surface area contributed by atoms with Crippen molar-refractivity contribution < 1.29 is 4.39 Å². The Morgan fingerprint density at radius 3 is 3.00 bits per heavy atom. The van der Waals surface area contributed by atoms with Crippen LogP contribution in [0.2, 0.25) is 0 Å². The summed E-state index contributed by atoms with van der Waals surface area (Å²) >= 11 is 1.62. The predicted molar refractivity (Wildman–Crippen MR) is 68.7 cm³/mol. The Hall–Kier alpha value is -1.26. The highest BCUT2D eigenvalue weighted by Gasteiger charge is 2.00. The Labute approximate surface area is 105 Å². The van der Waals surface area contributed by atoms with Gasteiger partial charge in [-0.25, -0.2) is 9.37 Å². The van der Waals surface area contributed by atoms with Crippen molar-refractivity contribution in [1.82, 2.24) is 10.3 Å². The van der Waals surface area contributed by atoms with Gasteiger partial charge < -0.3 is 5.32 Å². The number of hydrogen-bond acceptors (Lipinski definition) is 3. The molecule has 17 heavy (non-hydrogen) atoms. The van der Waals surface area contributed by atoms with Gasteiger partial charge in [-0.3, -0.25) is 0 Å². The zero-order valence-electron chi connectivity index (χ0n) is 9.74. The summed E-state index contributed by atoms with van der Waals surface area (Å²) < 4.78 is 12.9. The van der Waals surface area contributed by atoms with Crippen LogP contribution in [0, 0.1) is 12.7 Å². The van der Waals surface area contributed by atoms with E-state index in [2.05, 4.69) is 15.7 Å². The van der Waals surface area contributed by atoms with Gasteiger partial charge in [0.25, 0.3) is 0 Å². The first-order chi connectivity index (χ1) is 8.25. The van der Waals surface area contributed by atoms with Gasteiger partial charge in [-0.1, -0.05) is 6.07 Å². The molecule has 1 heterocycles. The maximum atomic E-state index is 12.9. The summed E-state index contributed by atoms with van der Waals surface area (Å²) in [5.74, 6) is -0.172. The van der Waals surface area contributed by atoms with Crippen LogP contribution < -0.4 is 5.32 Å². The number of rotatable bonds is 5. The lowest BCUT2D eigenvalue weighted by Crippen LogP contribution is -2.17. The fourth-order valence-electron chi connectivity index (χ4n) is 1.66. The largest absolute Gasteiger partial charge is 0.312 e. The third kappa shape index (κ3) is 3.61. The van der Waals surface area contributed by atoms with E-state index in [1.807, 2.05) is 18.5 Å². The molecule has 0 atom stereocenters. The molecule has 1 aromatic carbocycles. The highest BCUT2D eigenvalue weighted by Crippen LogP contribution is 2.09. The molecule has 0 radical (unpaired) electrons. The van der Waals surface area contributed by atoms with Crippen molar-refractivity contribution >= 4 is 11.3 Å². The van der Waals surface area contributed by atoms with Crippen molar-refractivity contribution in [3.63, 3.8) is 0 Å². The van der Waals surface area contributed by atoms with Crippen molar-refractivity contribution in [2.45, 2.75) is 19.9 Å². The van der Waals surface area contributed by atoms with E-state index in [4.69, 9.17) is 0 Å². The standard InChI is InChI=1S/C13H15FN2S/c1-10-6-12(14)3-2-11(10)7-15-5-4-13-8-17-9-16-13/h2-3,6,8-9,15H,4-5,7H2,1H3. The van der Waals surface area contributed by atoms with Gasteiger partial charge in [-0.15, -0.1) is 11.3 Å². The maximum absolute atomic E-state index is 12.9. The van der Waals surface area contributed by atoms with Gasteiger partial charge >= 0.3 is 0 Å². The number of nitrogens with one attached hydrogen (secondary N) is 1. The molecule has 0 amide bonds. The van der Waals surface area contributed by atoms with Crippen molar-refractivity contribution in [2.24, 2.45) is 0 Å². The lowest BCUT2D eigenvalue weighted by Gasteiger charge is -2.07. The second-order valence-corrected chi connectivity index (χ2v) is 4.70. The van der Waals surface area contributed by atoms with Gasteiger partial charge in [0.15, 0.2) is 0 Å². The lowest BCUT2D eigenvalue weighted by molar-refractivity contribution is 0.622. The molecule has 0 saturated heterocycles. The Morgan fingerprint density at radius 1 is 1.41 bits per heavy atom. The van der Waals surface area contributed by atoms with Gasteiger partial charge in [0.2, 0.25) is 0 Å². The van der Waals surface area contributed by atoms with Gasteiger partial charge in [0.1, 0.15) is 5.82 Å². The van der Waals surface area contributed by atoms with Crippen molar-refractivity contribution in [3.8, 4) is 0 Å². The van der Waals surface area contributed by atoms with Crippen molar-refractivity contribution in [1.29, 1.82) is 0 Å². The van der Waals surface area contributed by atoms with Crippen LogP contribution in [0.4, 0.5) is 4.39 Å². The second-order valence-electron chi connectivity index (χ2n) is 3.98. The monoisotopic (exact) mass is 250 g/mol. The number of aryl methyl sites for hydroxylation is 1. The second kappa shape index (κ2) is 5.89. The first kappa shape index (κ1) is 12.2. The van der Waals surface area contributed by atoms with Crippen LogP contribution in [0.5, 0.6) is 0 Å². The Morgan fingerprint density at radius 2 is 2.29 bits per heavy atom. The SMILES string of the molecule is Cc1cc(F)ccc1CNCCc1cscn1.